The molecule has 2 aromatic carbocycles. The molecule has 0 radical (unpaired) electrons. The summed E-state index contributed by atoms with van der Waals surface area (Å²) in [6, 6.07) is 13.3. The molecule has 3 aromatic rings. The molecular weight excluding hydrogens is 420 g/mol. The van der Waals surface area contributed by atoms with Crippen LogP contribution in [0, 0.1) is 0 Å². The predicted octanol–water partition coefficient (Wildman–Crippen LogP) is 2.63. The SMILES string of the molecule is CC[C@@H](C)NC(=O)c1nn(-c2cccc(OC)c2)c(=O)n(Cc2ccccc2Cl)c1=O. The highest BCUT2D eigenvalue weighted by molar-refractivity contribution is 6.31. The summed E-state index contributed by atoms with van der Waals surface area (Å²) in [7, 11) is 1.50. The minimum atomic E-state index is -0.787. The summed E-state index contributed by atoms with van der Waals surface area (Å²) in [6.07, 6.45) is 0.676. The van der Waals surface area contributed by atoms with Crippen LogP contribution in [0.4, 0.5) is 0 Å². The first kappa shape index (κ1) is 22.3. The standard InChI is InChI=1S/C22H23ClN4O4/c1-4-14(2)24-20(28)19-21(29)26(13-15-8-5-6-11-18(15)23)22(30)27(25-19)16-9-7-10-17(12-16)31-3/h5-12,14H,4,13H2,1-3H3,(H,24,28)/t14-/m1/s1. The van der Waals surface area contributed by atoms with Crippen LogP contribution >= 0.6 is 11.6 Å². The Morgan fingerprint density at radius 3 is 2.61 bits per heavy atom. The van der Waals surface area contributed by atoms with Gasteiger partial charge in [-0.05, 0) is 37.1 Å². The van der Waals surface area contributed by atoms with Crippen LogP contribution in [-0.4, -0.2) is 33.4 Å². The summed E-state index contributed by atoms with van der Waals surface area (Å²) in [6.45, 7) is 3.62. The number of aromatic nitrogens is 3. The van der Waals surface area contributed by atoms with Crippen LogP contribution < -0.4 is 21.3 Å². The number of carbonyl (C=O) groups is 1. The molecule has 1 N–H and O–H groups in total. The van der Waals surface area contributed by atoms with E-state index in [1.165, 1.54) is 7.11 Å². The Kier molecular flexibility index (Phi) is 6.91. The van der Waals surface area contributed by atoms with Crippen LogP contribution in [0.5, 0.6) is 5.75 Å². The summed E-state index contributed by atoms with van der Waals surface area (Å²) in [5, 5.41) is 7.24. The van der Waals surface area contributed by atoms with Crippen LogP contribution in [0.2, 0.25) is 5.02 Å². The summed E-state index contributed by atoms with van der Waals surface area (Å²) in [5.74, 6) is -0.149. The molecule has 31 heavy (non-hydrogen) atoms. The Morgan fingerprint density at radius 2 is 1.94 bits per heavy atom. The first-order valence-corrected chi connectivity index (χ1v) is 10.2. The van der Waals surface area contributed by atoms with Gasteiger partial charge in [-0.25, -0.2) is 4.79 Å². The molecule has 0 aliphatic carbocycles. The molecule has 0 saturated carbocycles. The number of nitrogens with one attached hydrogen (secondary N) is 1. The van der Waals surface area contributed by atoms with Gasteiger partial charge >= 0.3 is 5.69 Å². The molecule has 0 spiro atoms. The number of rotatable bonds is 7. The number of benzene rings is 2. The Balaban J connectivity index is 2.22. The number of halogens is 1. The second kappa shape index (κ2) is 9.61. The number of ether oxygens (including phenoxy) is 1. The lowest BCUT2D eigenvalue weighted by Crippen LogP contribution is -2.47. The Bertz CT molecular complexity index is 1220. The topological polar surface area (TPSA) is 95.2 Å². The Hall–Kier alpha value is -3.39. The fourth-order valence-electron chi connectivity index (χ4n) is 2.90. The quantitative estimate of drug-likeness (QED) is 0.607. The maximum Gasteiger partial charge on any atom is 0.352 e. The molecule has 0 saturated heterocycles. The smallest absolute Gasteiger partial charge is 0.352 e. The highest BCUT2D eigenvalue weighted by Crippen LogP contribution is 2.16. The molecule has 0 unspecified atom stereocenters. The molecule has 8 nitrogen and oxygen atoms in total. The molecule has 1 amide bonds. The van der Waals surface area contributed by atoms with E-state index in [0.717, 1.165) is 9.25 Å². The van der Waals surface area contributed by atoms with Gasteiger partial charge in [-0.2, -0.15) is 9.78 Å². The van der Waals surface area contributed by atoms with E-state index in [1.807, 2.05) is 13.8 Å². The second-order valence-corrected chi connectivity index (χ2v) is 7.42. The van der Waals surface area contributed by atoms with E-state index in [1.54, 1.807) is 48.5 Å². The minimum Gasteiger partial charge on any atom is -0.497 e. The van der Waals surface area contributed by atoms with Crippen molar-refractivity contribution in [2.75, 3.05) is 7.11 Å². The van der Waals surface area contributed by atoms with Gasteiger partial charge in [0, 0.05) is 17.1 Å². The number of amides is 1. The van der Waals surface area contributed by atoms with Crippen molar-refractivity contribution in [1.82, 2.24) is 19.7 Å². The first-order valence-electron chi connectivity index (χ1n) is 9.78. The van der Waals surface area contributed by atoms with Gasteiger partial charge in [0.15, 0.2) is 0 Å². The third-order valence-electron chi connectivity index (χ3n) is 4.85. The summed E-state index contributed by atoms with van der Waals surface area (Å²) in [5.41, 5.74) is -0.937. The number of nitrogens with zero attached hydrogens (tertiary/aromatic N) is 3. The molecule has 1 atom stereocenters. The highest BCUT2D eigenvalue weighted by Gasteiger charge is 2.22. The lowest BCUT2D eigenvalue weighted by atomic mass is 10.2. The molecule has 9 heteroatoms. The monoisotopic (exact) mass is 442 g/mol. The van der Waals surface area contributed by atoms with Crippen molar-refractivity contribution in [1.29, 1.82) is 0 Å². The first-order chi connectivity index (χ1) is 14.8. The van der Waals surface area contributed by atoms with Crippen LogP contribution in [0.25, 0.3) is 5.69 Å². The molecular formula is C22H23ClN4O4. The van der Waals surface area contributed by atoms with Crippen LogP contribution in [0.1, 0.15) is 36.3 Å². The van der Waals surface area contributed by atoms with Crippen molar-refractivity contribution >= 4 is 17.5 Å². The third-order valence-corrected chi connectivity index (χ3v) is 5.22. The summed E-state index contributed by atoms with van der Waals surface area (Å²) >= 11 is 6.23. The molecule has 0 fully saturated rings. The zero-order valence-electron chi connectivity index (χ0n) is 17.5. The third kappa shape index (κ3) is 4.86. The Morgan fingerprint density at radius 1 is 1.19 bits per heavy atom. The molecule has 1 aromatic heterocycles. The van der Waals surface area contributed by atoms with E-state index >= 15 is 0 Å². The zero-order valence-corrected chi connectivity index (χ0v) is 18.2. The van der Waals surface area contributed by atoms with Gasteiger partial charge in [-0.3, -0.25) is 14.2 Å². The van der Waals surface area contributed by atoms with Gasteiger partial charge in [-0.1, -0.05) is 42.8 Å². The van der Waals surface area contributed by atoms with E-state index in [4.69, 9.17) is 16.3 Å². The molecule has 1 heterocycles. The van der Waals surface area contributed by atoms with Crippen molar-refractivity contribution in [2.45, 2.75) is 32.9 Å². The van der Waals surface area contributed by atoms with Gasteiger partial charge in [0.25, 0.3) is 11.5 Å². The van der Waals surface area contributed by atoms with Crippen molar-refractivity contribution in [2.24, 2.45) is 0 Å². The average Bonchev–Trinajstić information content (AvgIpc) is 2.77. The van der Waals surface area contributed by atoms with Gasteiger partial charge in [0.05, 0.1) is 19.3 Å². The molecule has 0 bridgehead atoms. The zero-order chi connectivity index (χ0) is 22.5. The van der Waals surface area contributed by atoms with E-state index < -0.39 is 17.2 Å². The van der Waals surface area contributed by atoms with Gasteiger partial charge in [0.1, 0.15) is 5.75 Å². The maximum atomic E-state index is 13.2. The van der Waals surface area contributed by atoms with E-state index in [-0.39, 0.29) is 18.3 Å². The van der Waals surface area contributed by atoms with Crippen LogP contribution in [0.3, 0.4) is 0 Å². The number of carbonyl (C=O) groups excluding carboxylic acids is 1. The molecule has 162 valence electrons. The maximum absolute atomic E-state index is 13.2. The van der Waals surface area contributed by atoms with Crippen molar-refractivity contribution in [3.8, 4) is 11.4 Å². The number of hydrogen-bond acceptors (Lipinski definition) is 5. The Labute approximate surface area is 184 Å². The normalized spacial score (nSPS) is 11.7. The highest BCUT2D eigenvalue weighted by atomic mass is 35.5. The number of methoxy groups -OCH3 is 1. The fraction of sp³-hybridized carbons (Fsp3) is 0.273. The van der Waals surface area contributed by atoms with Crippen LogP contribution in [-0.2, 0) is 6.54 Å². The number of hydrogen-bond donors (Lipinski definition) is 1. The lowest BCUT2D eigenvalue weighted by molar-refractivity contribution is 0.0929. The average molecular weight is 443 g/mol. The minimum absolute atomic E-state index is 0.104. The van der Waals surface area contributed by atoms with E-state index in [0.29, 0.717) is 28.4 Å². The lowest BCUT2D eigenvalue weighted by Gasteiger charge is -2.15. The molecule has 3 rings (SSSR count). The van der Waals surface area contributed by atoms with E-state index in [2.05, 4.69) is 10.4 Å². The van der Waals surface area contributed by atoms with Crippen LogP contribution in [0.15, 0.2) is 58.1 Å². The van der Waals surface area contributed by atoms with E-state index in [9.17, 15) is 14.4 Å². The largest absolute Gasteiger partial charge is 0.497 e. The van der Waals surface area contributed by atoms with Gasteiger partial charge in [-0.15, -0.1) is 0 Å². The molecule has 0 aliphatic rings. The molecule has 0 aliphatic heterocycles. The van der Waals surface area contributed by atoms with Gasteiger partial charge < -0.3 is 10.1 Å². The second-order valence-electron chi connectivity index (χ2n) is 7.01. The van der Waals surface area contributed by atoms with Crippen molar-refractivity contribution < 1.29 is 9.53 Å². The predicted molar refractivity (Wildman–Crippen MR) is 118 cm³/mol. The van der Waals surface area contributed by atoms with Crippen molar-refractivity contribution in [3.05, 3.63) is 85.6 Å². The van der Waals surface area contributed by atoms with Crippen molar-refractivity contribution in [3.63, 3.8) is 0 Å². The summed E-state index contributed by atoms with van der Waals surface area (Å²) < 4.78 is 7.20. The summed E-state index contributed by atoms with van der Waals surface area (Å²) in [4.78, 5) is 39.1. The fourth-order valence-corrected chi connectivity index (χ4v) is 3.09. The van der Waals surface area contributed by atoms with Gasteiger partial charge in [0.2, 0.25) is 5.69 Å².